The van der Waals surface area contributed by atoms with Gasteiger partial charge in [-0.25, -0.2) is 0 Å². The molecule has 1 aliphatic rings. The van der Waals surface area contributed by atoms with Crippen molar-refractivity contribution < 1.29 is 14.6 Å². The van der Waals surface area contributed by atoms with Crippen molar-refractivity contribution in [2.24, 2.45) is 5.92 Å². The SMILES string of the molecule is COCCN(CC(=O)O)C1CCCC(C)C1. The number of carbonyl (C=O) groups is 1. The summed E-state index contributed by atoms with van der Waals surface area (Å²) in [7, 11) is 1.66. The number of hydrogen-bond acceptors (Lipinski definition) is 3. The standard InChI is InChI=1S/C12H23NO3/c1-10-4-3-5-11(8-10)13(6-7-16-2)9-12(14)15/h10-11H,3-9H2,1-2H3,(H,14,15). The zero-order chi connectivity index (χ0) is 12.0. The van der Waals surface area contributed by atoms with Gasteiger partial charge in [-0.3, -0.25) is 9.69 Å². The number of ether oxygens (including phenoxy) is 1. The van der Waals surface area contributed by atoms with Crippen LogP contribution in [0.5, 0.6) is 0 Å². The van der Waals surface area contributed by atoms with Crippen LogP contribution in [0.15, 0.2) is 0 Å². The summed E-state index contributed by atoms with van der Waals surface area (Å²) in [6.45, 7) is 3.72. The normalized spacial score (nSPS) is 25.9. The molecule has 0 amide bonds. The topological polar surface area (TPSA) is 49.8 Å². The molecule has 0 heterocycles. The van der Waals surface area contributed by atoms with E-state index in [2.05, 4.69) is 11.8 Å². The van der Waals surface area contributed by atoms with Gasteiger partial charge in [-0.1, -0.05) is 19.8 Å². The molecule has 16 heavy (non-hydrogen) atoms. The number of rotatable bonds is 6. The molecule has 4 heteroatoms. The second-order valence-electron chi connectivity index (χ2n) is 4.78. The fraction of sp³-hybridized carbons (Fsp3) is 0.917. The maximum absolute atomic E-state index is 10.8. The van der Waals surface area contributed by atoms with Crippen molar-refractivity contribution in [2.45, 2.75) is 38.6 Å². The van der Waals surface area contributed by atoms with Crippen LogP contribution in [0.2, 0.25) is 0 Å². The Hall–Kier alpha value is -0.610. The van der Waals surface area contributed by atoms with E-state index in [0.29, 0.717) is 12.6 Å². The number of hydrogen-bond donors (Lipinski definition) is 1. The lowest BCUT2D eigenvalue weighted by atomic mass is 9.86. The zero-order valence-corrected chi connectivity index (χ0v) is 10.3. The van der Waals surface area contributed by atoms with Gasteiger partial charge in [-0.05, 0) is 18.8 Å². The van der Waals surface area contributed by atoms with Crippen molar-refractivity contribution >= 4 is 5.97 Å². The van der Waals surface area contributed by atoms with Gasteiger partial charge in [0, 0.05) is 19.7 Å². The Bertz CT molecular complexity index is 220. The molecule has 0 bridgehead atoms. The third kappa shape index (κ3) is 4.49. The van der Waals surface area contributed by atoms with Gasteiger partial charge in [0.05, 0.1) is 13.2 Å². The van der Waals surface area contributed by atoms with E-state index in [0.717, 1.165) is 25.3 Å². The number of methoxy groups -OCH3 is 1. The molecule has 0 spiro atoms. The first-order valence-electron chi connectivity index (χ1n) is 6.08. The largest absolute Gasteiger partial charge is 0.480 e. The Labute approximate surface area is 97.6 Å². The van der Waals surface area contributed by atoms with E-state index in [-0.39, 0.29) is 6.54 Å². The van der Waals surface area contributed by atoms with Crippen molar-refractivity contribution in [1.82, 2.24) is 4.90 Å². The molecule has 1 fully saturated rings. The molecular formula is C12H23NO3. The second kappa shape index (κ2) is 6.86. The molecule has 1 aliphatic carbocycles. The summed E-state index contributed by atoms with van der Waals surface area (Å²) >= 11 is 0. The first-order chi connectivity index (χ1) is 7.63. The van der Waals surface area contributed by atoms with Crippen LogP contribution in [-0.2, 0) is 9.53 Å². The van der Waals surface area contributed by atoms with Crippen LogP contribution in [0, 0.1) is 5.92 Å². The fourth-order valence-corrected chi connectivity index (χ4v) is 2.51. The van der Waals surface area contributed by atoms with Crippen molar-refractivity contribution in [3.05, 3.63) is 0 Å². The third-order valence-corrected chi connectivity index (χ3v) is 3.35. The van der Waals surface area contributed by atoms with E-state index in [4.69, 9.17) is 9.84 Å². The van der Waals surface area contributed by atoms with Gasteiger partial charge >= 0.3 is 5.97 Å². The van der Waals surface area contributed by atoms with Gasteiger partial charge in [0.25, 0.3) is 0 Å². The van der Waals surface area contributed by atoms with Crippen molar-refractivity contribution in [1.29, 1.82) is 0 Å². The third-order valence-electron chi connectivity index (χ3n) is 3.35. The molecule has 2 atom stereocenters. The molecule has 0 aliphatic heterocycles. The van der Waals surface area contributed by atoms with Crippen LogP contribution in [0.25, 0.3) is 0 Å². The molecule has 1 N–H and O–H groups in total. The highest BCUT2D eigenvalue weighted by Gasteiger charge is 2.25. The van der Waals surface area contributed by atoms with Crippen LogP contribution in [0.3, 0.4) is 0 Å². The van der Waals surface area contributed by atoms with Crippen LogP contribution in [0.4, 0.5) is 0 Å². The van der Waals surface area contributed by atoms with E-state index < -0.39 is 5.97 Å². The smallest absolute Gasteiger partial charge is 0.317 e. The molecule has 1 saturated carbocycles. The predicted octanol–water partition coefficient (Wildman–Crippen LogP) is 1.60. The van der Waals surface area contributed by atoms with Crippen molar-refractivity contribution in [2.75, 3.05) is 26.8 Å². The highest BCUT2D eigenvalue weighted by atomic mass is 16.5. The minimum Gasteiger partial charge on any atom is -0.480 e. The Morgan fingerprint density at radius 1 is 1.50 bits per heavy atom. The van der Waals surface area contributed by atoms with Crippen LogP contribution < -0.4 is 0 Å². The molecule has 0 radical (unpaired) electrons. The molecule has 2 unspecified atom stereocenters. The fourth-order valence-electron chi connectivity index (χ4n) is 2.51. The Balaban J connectivity index is 2.48. The summed E-state index contributed by atoms with van der Waals surface area (Å²) in [5.74, 6) is -0.0214. The molecule has 1 rings (SSSR count). The van der Waals surface area contributed by atoms with Crippen molar-refractivity contribution in [3.8, 4) is 0 Å². The Kier molecular flexibility index (Phi) is 5.77. The second-order valence-corrected chi connectivity index (χ2v) is 4.78. The molecule has 0 aromatic heterocycles. The lowest BCUT2D eigenvalue weighted by Crippen LogP contribution is -2.43. The molecule has 94 valence electrons. The molecule has 4 nitrogen and oxygen atoms in total. The average molecular weight is 229 g/mol. The van der Waals surface area contributed by atoms with Gasteiger partial charge in [-0.15, -0.1) is 0 Å². The predicted molar refractivity (Wildman–Crippen MR) is 62.5 cm³/mol. The maximum Gasteiger partial charge on any atom is 0.317 e. The van der Waals surface area contributed by atoms with Crippen LogP contribution in [-0.4, -0.2) is 48.8 Å². The maximum atomic E-state index is 10.8. The highest BCUT2D eigenvalue weighted by molar-refractivity contribution is 5.69. The summed E-state index contributed by atoms with van der Waals surface area (Å²) in [4.78, 5) is 12.9. The number of nitrogens with zero attached hydrogens (tertiary/aromatic N) is 1. The Morgan fingerprint density at radius 2 is 2.25 bits per heavy atom. The molecule has 0 aromatic rings. The van der Waals surface area contributed by atoms with Crippen LogP contribution >= 0.6 is 0 Å². The minimum atomic E-state index is -0.741. The summed E-state index contributed by atoms with van der Waals surface area (Å²) in [5, 5.41) is 8.90. The lowest BCUT2D eigenvalue weighted by Gasteiger charge is -2.35. The Morgan fingerprint density at radius 3 is 2.81 bits per heavy atom. The summed E-state index contributed by atoms with van der Waals surface area (Å²) in [6, 6.07) is 0.426. The van der Waals surface area contributed by atoms with Crippen molar-refractivity contribution in [3.63, 3.8) is 0 Å². The monoisotopic (exact) mass is 229 g/mol. The summed E-state index contributed by atoms with van der Waals surface area (Å²) in [5.41, 5.74) is 0. The average Bonchev–Trinajstić information content (AvgIpc) is 2.23. The highest BCUT2D eigenvalue weighted by Crippen LogP contribution is 2.27. The molecule has 0 aromatic carbocycles. The van der Waals surface area contributed by atoms with E-state index in [1.54, 1.807) is 7.11 Å². The minimum absolute atomic E-state index is 0.140. The first-order valence-corrected chi connectivity index (χ1v) is 6.08. The summed E-state index contributed by atoms with van der Waals surface area (Å²) < 4.78 is 5.04. The van der Waals surface area contributed by atoms with Gasteiger partial charge in [0.2, 0.25) is 0 Å². The summed E-state index contributed by atoms with van der Waals surface area (Å²) in [6.07, 6.45) is 4.74. The van der Waals surface area contributed by atoms with Crippen LogP contribution in [0.1, 0.15) is 32.6 Å². The number of aliphatic carboxylic acids is 1. The van der Waals surface area contributed by atoms with Gasteiger partial charge in [0.15, 0.2) is 0 Å². The number of carboxylic acids is 1. The van der Waals surface area contributed by atoms with E-state index in [9.17, 15) is 4.79 Å². The van der Waals surface area contributed by atoms with Gasteiger partial charge in [-0.2, -0.15) is 0 Å². The number of carboxylic acid groups (broad SMARTS) is 1. The van der Waals surface area contributed by atoms with E-state index in [1.807, 2.05) is 0 Å². The first kappa shape index (κ1) is 13.5. The van der Waals surface area contributed by atoms with E-state index in [1.165, 1.54) is 12.8 Å². The quantitative estimate of drug-likeness (QED) is 0.751. The lowest BCUT2D eigenvalue weighted by molar-refractivity contribution is -0.139. The molecule has 0 saturated heterocycles. The molecular weight excluding hydrogens is 206 g/mol. The zero-order valence-electron chi connectivity index (χ0n) is 10.3. The van der Waals surface area contributed by atoms with E-state index >= 15 is 0 Å². The van der Waals surface area contributed by atoms with Gasteiger partial charge < -0.3 is 9.84 Å². The van der Waals surface area contributed by atoms with Gasteiger partial charge in [0.1, 0.15) is 0 Å².